The Morgan fingerprint density at radius 3 is 2.56 bits per heavy atom. The first-order chi connectivity index (χ1) is 12.9. The van der Waals surface area contributed by atoms with Crippen molar-refractivity contribution in [3.05, 3.63) is 53.1 Å². The number of rotatable bonds is 7. The van der Waals surface area contributed by atoms with Gasteiger partial charge in [-0.05, 0) is 49.2 Å². The lowest BCUT2D eigenvalue weighted by molar-refractivity contribution is -0.124. The number of nitrogens with one attached hydrogen (secondary N) is 2. The molecular formula is C20H23N3O4. The Morgan fingerprint density at radius 2 is 1.85 bits per heavy atom. The van der Waals surface area contributed by atoms with Crippen LogP contribution in [0.4, 0.5) is 5.69 Å². The molecule has 142 valence electrons. The normalized spacial score (nSPS) is 10.6. The molecule has 0 radical (unpaired) electrons. The molecule has 7 nitrogen and oxygen atoms in total. The van der Waals surface area contributed by atoms with Gasteiger partial charge in [0, 0.05) is 24.1 Å². The Balaban J connectivity index is 1.80. The number of phenolic OH excluding ortho intramolecular Hbond substituents is 1. The zero-order chi connectivity index (χ0) is 19.8. The summed E-state index contributed by atoms with van der Waals surface area (Å²) in [5, 5.41) is 16.5. The van der Waals surface area contributed by atoms with Crippen molar-refractivity contribution in [3.63, 3.8) is 0 Å². The second kappa shape index (κ2) is 9.38. The average molecular weight is 369 g/mol. The minimum absolute atomic E-state index is 0.00188. The summed E-state index contributed by atoms with van der Waals surface area (Å²) in [5.41, 5.74) is 5.67. The Morgan fingerprint density at radius 1 is 1.11 bits per heavy atom. The molecule has 2 aromatic carbocycles. The van der Waals surface area contributed by atoms with Gasteiger partial charge in [0.2, 0.25) is 11.8 Å². The molecule has 0 aromatic heterocycles. The van der Waals surface area contributed by atoms with Crippen molar-refractivity contribution in [2.24, 2.45) is 5.10 Å². The van der Waals surface area contributed by atoms with Gasteiger partial charge in [0.25, 0.3) is 0 Å². The first-order valence-corrected chi connectivity index (χ1v) is 8.45. The van der Waals surface area contributed by atoms with Crippen LogP contribution in [0.3, 0.4) is 0 Å². The summed E-state index contributed by atoms with van der Waals surface area (Å²) in [6.07, 6.45) is 1.35. The van der Waals surface area contributed by atoms with Gasteiger partial charge < -0.3 is 15.2 Å². The van der Waals surface area contributed by atoms with Crippen molar-refractivity contribution in [2.75, 3.05) is 12.4 Å². The van der Waals surface area contributed by atoms with E-state index >= 15 is 0 Å². The maximum atomic E-state index is 11.9. The summed E-state index contributed by atoms with van der Waals surface area (Å²) in [5.74, 6) is -0.397. The Kier molecular flexibility index (Phi) is 6.93. The summed E-state index contributed by atoms with van der Waals surface area (Å²) in [7, 11) is 1.45. The number of amides is 2. The highest BCUT2D eigenvalue weighted by Crippen LogP contribution is 2.27. The standard InChI is InChI=1S/C20H23N3O4/c1-13-7-8-16(11-14(13)2)22-18(24)9-10-19(25)23-21-12-15-5-4-6-17(27-3)20(15)26/h4-8,11-12,26H,9-10H2,1-3H3,(H,22,24)(H,23,25). The highest BCUT2D eigenvalue weighted by Gasteiger charge is 2.08. The van der Waals surface area contributed by atoms with Crippen LogP contribution in [0.15, 0.2) is 41.5 Å². The van der Waals surface area contributed by atoms with E-state index in [0.717, 1.165) is 11.1 Å². The smallest absolute Gasteiger partial charge is 0.240 e. The monoisotopic (exact) mass is 369 g/mol. The van der Waals surface area contributed by atoms with Crippen molar-refractivity contribution in [2.45, 2.75) is 26.7 Å². The number of nitrogens with zero attached hydrogens (tertiary/aromatic N) is 1. The van der Waals surface area contributed by atoms with Gasteiger partial charge in [0.15, 0.2) is 11.5 Å². The largest absolute Gasteiger partial charge is 0.504 e. The summed E-state index contributed by atoms with van der Waals surface area (Å²) in [4.78, 5) is 23.8. The second-order valence-corrected chi connectivity index (χ2v) is 6.04. The molecule has 7 heteroatoms. The Hall–Kier alpha value is -3.35. The van der Waals surface area contributed by atoms with Gasteiger partial charge >= 0.3 is 0 Å². The van der Waals surface area contributed by atoms with Crippen LogP contribution < -0.4 is 15.5 Å². The lowest BCUT2D eigenvalue weighted by atomic mass is 10.1. The van der Waals surface area contributed by atoms with Gasteiger partial charge in [-0.25, -0.2) is 5.43 Å². The van der Waals surface area contributed by atoms with E-state index in [4.69, 9.17) is 4.74 Å². The molecule has 2 amide bonds. The Bertz CT molecular complexity index is 862. The van der Waals surface area contributed by atoms with Crippen LogP contribution in [0.5, 0.6) is 11.5 Å². The highest BCUT2D eigenvalue weighted by molar-refractivity contribution is 5.93. The molecule has 2 rings (SSSR count). The van der Waals surface area contributed by atoms with Crippen molar-refractivity contribution >= 4 is 23.7 Å². The third-order valence-corrected chi connectivity index (χ3v) is 4.01. The third-order valence-electron chi connectivity index (χ3n) is 4.01. The number of hydrogen-bond donors (Lipinski definition) is 3. The lowest BCUT2D eigenvalue weighted by Gasteiger charge is -2.07. The number of benzene rings is 2. The van der Waals surface area contributed by atoms with E-state index in [2.05, 4.69) is 15.8 Å². The number of carbonyl (C=O) groups is 2. The molecule has 27 heavy (non-hydrogen) atoms. The number of aromatic hydroxyl groups is 1. The Labute approximate surface area is 158 Å². The molecule has 0 atom stereocenters. The van der Waals surface area contributed by atoms with Crippen LogP contribution >= 0.6 is 0 Å². The highest BCUT2D eigenvalue weighted by atomic mass is 16.5. The predicted octanol–water partition coefficient (Wildman–Crippen LogP) is 2.89. The summed E-state index contributed by atoms with van der Waals surface area (Å²) < 4.78 is 5.00. The quantitative estimate of drug-likeness (QED) is 0.516. The molecule has 0 aliphatic heterocycles. The van der Waals surface area contributed by atoms with Gasteiger partial charge in [-0.1, -0.05) is 12.1 Å². The van der Waals surface area contributed by atoms with Crippen LogP contribution in [0, 0.1) is 13.8 Å². The minimum atomic E-state index is -0.399. The number of para-hydroxylation sites is 1. The molecule has 2 aromatic rings. The van der Waals surface area contributed by atoms with Gasteiger partial charge in [-0.2, -0.15) is 5.10 Å². The maximum Gasteiger partial charge on any atom is 0.240 e. The molecule has 0 saturated carbocycles. The van der Waals surface area contributed by atoms with E-state index in [0.29, 0.717) is 17.0 Å². The van der Waals surface area contributed by atoms with Crippen LogP contribution in [0.25, 0.3) is 0 Å². The van der Waals surface area contributed by atoms with E-state index in [1.807, 2.05) is 32.0 Å². The number of carbonyl (C=O) groups excluding carboxylic acids is 2. The van der Waals surface area contributed by atoms with Crippen molar-refractivity contribution in [3.8, 4) is 11.5 Å². The maximum absolute atomic E-state index is 11.9. The topological polar surface area (TPSA) is 100 Å². The number of hydrogen-bond acceptors (Lipinski definition) is 5. The molecule has 0 bridgehead atoms. The van der Waals surface area contributed by atoms with E-state index < -0.39 is 5.91 Å². The SMILES string of the molecule is COc1cccc(C=NNC(=O)CCC(=O)Nc2ccc(C)c(C)c2)c1O. The van der Waals surface area contributed by atoms with Crippen LogP contribution in [-0.4, -0.2) is 30.2 Å². The van der Waals surface area contributed by atoms with Gasteiger partial charge in [-0.15, -0.1) is 0 Å². The fourth-order valence-electron chi connectivity index (χ4n) is 2.31. The van der Waals surface area contributed by atoms with Crippen molar-refractivity contribution in [1.29, 1.82) is 0 Å². The van der Waals surface area contributed by atoms with Crippen LogP contribution in [0.1, 0.15) is 29.5 Å². The van der Waals surface area contributed by atoms with Crippen molar-refractivity contribution in [1.82, 2.24) is 5.43 Å². The number of phenols is 1. The predicted molar refractivity (Wildman–Crippen MR) is 104 cm³/mol. The van der Waals surface area contributed by atoms with Gasteiger partial charge in [0.1, 0.15) is 0 Å². The van der Waals surface area contributed by atoms with E-state index in [1.54, 1.807) is 18.2 Å². The lowest BCUT2D eigenvalue weighted by Crippen LogP contribution is -2.20. The molecular weight excluding hydrogens is 346 g/mol. The van der Waals surface area contributed by atoms with Gasteiger partial charge in [-0.3, -0.25) is 9.59 Å². The van der Waals surface area contributed by atoms with E-state index in [9.17, 15) is 14.7 Å². The number of methoxy groups -OCH3 is 1. The first-order valence-electron chi connectivity index (χ1n) is 8.45. The average Bonchev–Trinajstić information content (AvgIpc) is 2.64. The molecule has 0 spiro atoms. The summed E-state index contributed by atoms with van der Waals surface area (Å²) in [6, 6.07) is 10.6. The number of ether oxygens (including phenoxy) is 1. The molecule has 3 N–H and O–H groups in total. The fraction of sp³-hybridized carbons (Fsp3) is 0.250. The second-order valence-electron chi connectivity index (χ2n) is 6.04. The zero-order valence-corrected chi connectivity index (χ0v) is 15.6. The molecule has 0 saturated heterocycles. The number of aryl methyl sites for hydroxylation is 2. The van der Waals surface area contributed by atoms with Crippen LogP contribution in [0.2, 0.25) is 0 Å². The van der Waals surface area contributed by atoms with Gasteiger partial charge in [0.05, 0.1) is 13.3 Å². The minimum Gasteiger partial charge on any atom is -0.504 e. The number of anilines is 1. The fourth-order valence-corrected chi connectivity index (χ4v) is 2.31. The summed E-state index contributed by atoms with van der Waals surface area (Å²) >= 11 is 0. The molecule has 0 heterocycles. The number of hydrazone groups is 1. The van der Waals surface area contributed by atoms with Crippen LogP contribution in [-0.2, 0) is 9.59 Å². The van der Waals surface area contributed by atoms with E-state index in [1.165, 1.54) is 13.3 Å². The van der Waals surface area contributed by atoms with Crippen molar-refractivity contribution < 1.29 is 19.4 Å². The molecule has 0 fully saturated rings. The third kappa shape index (κ3) is 5.85. The first kappa shape index (κ1) is 20.0. The van der Waals surface area contributed by atoms with E-state index in [-0.39, 0.29) is 24.5 Å². The zero-order valence-electron chi connectivity index (χ0n) is 15.6. The summed E-state index contributed by atoms with van der Waals surface area (Å²) in [6.45, 7) is 3.97. The molecule has 0 unspecified atom stereocenters. The molecule has 0 aliphatic rings. The molecule has 0 aliphatic carbocycles.